The molecule has 29 heavy (non-hydrogen) atoms. The molecule has 4 aliphatic carbocycles. The highest BCUT2D eigenvalue weighted by molar-refractivity contribution is 5.93. The van der Waals surface area contributed by atoms with Crippen molar-refractivity contribution in [1.29, 1.82) is 0 Å². The maximum absolute atomic E-state index is 12.6. The molecule has 0 aromatic heterocycles. The molecule has 2 fully saturated rings. The molecule has 0 amide bonds. The van der Waals surface area contributed by atoms with Gasteiger partial charge in [0.05, 0.1) is 0 Å². The Morgan fingerprint density at radius 3 is 2.52 bits per heavy atom. The lowest BCUT2D eigenvalue weighted by molar-refractivity contribution is -0.125. The summed E-state index contributed by atoms with van der Waals surface area (Å²) in [6.45, 7) is 6.36. The number of Topliss-reactive ketones (excluding diaryl/α,β-unsaturated/α-hetero) is 1. The fraction of sp³-hybridized carbons (Fsp3) is 0.556. The van der Waals surface area contributed by atoms with Gasteiger partial charge in [0, 0.05) is 18.3 Å². The average molecular weight is 389 g/mol. The molecule has 0 heterocycles. The van der Waals surface area contributed by atoms with E-state index < -0.39 is 0 Å². The van der Waals surface area contributed by atoms with E-state index in [-0.39, 0.29) is 11.3 Å². The summed E-state index contributed by atoms with van der Waals surface area (Å²) in [5.74, 6) is 2.45. The molecule has 0 spiro atoms. The van der Waals surface area contributed by atoms with Crippen LogP contribution in [0.1, 0.15) is 75.8 Å². The van der Waals surface area contributed by atoms with E-state index in [0.717, 1.165) is 32.1 Å². The van der Waals surface area contributed by atoms with E-state index in [2.05, 4.69) is 38.1 Å². The zero-order valence-electron chi connectivity index (χ0n) is 18.0. The van der Waals surface area contributed by atoms with E-state index in [0.29, 0.717) is 35.7 Å². The highest BCUT2D eigenvalue weighted by Gasteiger charge is 2.57. The van der Waals surface area contributed by atoms with Crippen LogP contribution in [0.25, 0.3) is 0 Å². The number of fused-ring (bicyclic) bond motifs is 4. The Hall–Kier alpha value is -1.96. The van der Waals surface area contributed by atoms with Crippen molar-refractivity contribution in [2.75, 3.05) is 0 Å². The minimum Gasteiger partial charge on any atom is -0.300 e. The maximum atomic E-state index is 12.6. The van der Waals surface area contributed by atoms with Crippen LogP contribution in [-0.4, -0.2) is 11.6 Å². The maximum Gasteiger partial charge on any atom is 0.156 e. The quantitative estimate of drug-likeness (QED) is 0.613. The van der Waals surface area contributed by atoms with E-state index in [1.807, 2.05) is 13.0 Å². The highest BCUT2D eigenvalue weighted by atomic mass is 16.1. The largest absolute Gasteiger partial charge is 0.300 e. The number of carbonyl (C=O) groups is 2. The van der Waals surface area contributed by atoms with Crippen LogP contribution in [-0.2, 0) is 9.59 Å². The summed E-state index contributed by atoms with van der Waals surface area (Å²) < 4.78 is 0. The molecular weight excluding hydrogens is 356 g/mol. The van der Waals surface area contributed by atoms with Crippen molar-refractivity contribution in [3.63, 3.8) is 0 Å². The lowest BCUT2D eigenvalue weighted by Crippen LogP contribution is -2.44. The van der Waals surface area contributed by atoms with Crippen molar-refractivity contribution in [1.82, 2.24) is 0 Å². The summed E-state index contributed by atoms with van der Waals surface area (Å²) in [7, 11) is 0. The molecule has 1 aromatic carbocycles. The first kappa shape index (κ1) is 19.0. The predicted octanol–water partition coefficient (Wildman–Crippen LogP) is 6.10. The third kappa shape index (κ3) is 2.90. The molecule has 1 aromatic rings. The van der Waals surface area contributed by atoms with Crippen LogP contribution >= 0.6 is 0 Å². The van der Waals surface area contributed by atoms with Gasteiger partial charge in [-0.3, -0.25) is 9.59 Å². The molecule has 152 valence electrons. The Kier molecular flexibility index (Phi) is 4.46. The summed E-state index contributed by atoms with van der Waals surface area (Å²) in [6.07, 6.45) is 9.00. The number of hydrogen-bond donors (Lipinski definition) is 0. The minimum atomic E-state index is 0.0990. The van der Waals surface area contributed by atoms with Gasteiger partial charge in [-0.15, -0.1) is 0 Å². The number of allylic oxidation sites excluding steroid dienone is 4. The van der Waals surface area contributed by atoms with Gasteiger partial charge in [-0.2, -0.15) is 0 Å². The fourth-order valence-corrected chi connectivity index (χ4v) is 7.42. The summed E-state index contributed by atoms with van der Waals surface area (Å²) >= 11 is 0. The first-order valence-corrected chi connectivity index (χ1v) is 11.4. The second-order valence-electron chi connectivity index (χ2n) is 10.2. The number of ketones is 2. The standard InChI is InChI=1S/C27H32O2/c1-16-4-6-18(7-5-16)23-15-27(3)24(17(2)28)12-13-25(27)22-10-8-19-14-20(29)9-11-21(19)26(22)23/h4-7,14,22-25H,8-13,15H2,1-3H3/t22?,23?,24-,25?,27?/m1/s1. The van der Waals surface area contributed by atoms with E-state index in [1.54, 1.807) is 5.57 Å². The second-order valence-corrected chi connectivity index (χ2v) is 10.2. The van der Waals surface area contributed by atoms with E-state index >= 15 is 0 Å². The molecule has 0 N–H and O–H groups in total. The Morgan fingerprint density at radius 2 is 1.79 bits per heavy atom. The van der Waals surface area contributed by atoms with Crippen molar-refractivity contribution in [3.8, 4) is 0 Å². The van der Waals surface area contributed by atoms with Crippen molar-refractivity contribution < 1.29 is 9.59 Å². The molecule has 2 saturated carbocycles. The van der Waals surface area contributed by atoms with Gasteiger partial charge >= 0.3 is 0 Å². The molecule has 5 rings (SSSR count). The lowest BCUT2D eigenvalue weighted by Gasteiger charge is -2.52. The second kappa shape index (κ2) is 6.79. The molecule has 0 aliphatic heterocycles. The van der Waals surface area contributed by atoms with Gasteiger partial charge in [0.15, 0.2) is 5.78 Å². The van der Waals surface area contributed by atoms with Crippen LogP contribution in [0.5, 0.6) is 0 Å². The van der Waals surface area contributed by atoms with Crippen molar-refractivity contribution in [3.05, 3.63) is 58.2 Å². The van der Waals surface area contributed by atoms with Gasteiger partial charge in [0.25, 0.3) is 0 Å². The third-order valence-electron chi connectivity index (χ3n) is 8.70. The Morgan fingerprint density at radius 1 is 1.03 bits per heavy atom. The topological polar surface area (TPSA) is 34.1 Å². The van der Waals surface area contributed by atoms with Crippen LogP contribution in [0.3, 0.4) is 0 Å². The third-order valence-corrected chi connectivity index (χ3v) is 8.70. The first-order valence-electron chi connectivity index (χ1n) is 11.4. The summed E-state index contributed by atoms with van der Waals surface area (Å²) in [4.78, 5) is 24.6. The smallest absolute Gasteiger partial charge is 0.156 e. The van der Waals surface area contributed by atoms with Crippen LogP contribution < -0.4 is 0 Å². The first-order chi connectivity index (χ1) is 13.9. The molecule has 4 aliphatic rings. The minimum absolute atomic E-state index is 0.0990. The Bertz CT molecular complexity index is 932. The molecule has 0 radical (unpaired) electrons. The summed E-state index contributed by atoms with van der Waals surface area (Å²) in [6, 6.07) is 9.06. The fourth-order valence-electron chi connectivity index (χ4n) is 7.42. The SMILES string of the molecule is CC(=O)[C@H]1CCC2C3CCC4=CC(=O)CCC4=C3C(c3ccc(C)cc3)CC21C. The monoisotopic (exact) mass is 388 g/mol. The van der Waals surface area contributed by atoms with Gasteiger partial charge < -0.3 is 0 Å². The number of hydrogen-bond acceptors (Lipinski definition) is 2. The molecule has 4 unspecified atom stereocenters. The highest BCUT2D eigenvalue weighted by Crippen LogP contribution is 2.65. The van der Waals surface area contributed by atoms with Crippen LogP contribution in [0.4, 0.5) is 0 Å². The van der Waals surface area contributed by atoms with E-state index in [1.165, 1.54) is 28.7 Å². The molecule has 2 heteroatoms. The lowest BCUT2D eigenvalue weighted by atomic mass is 9.51. The molecular formula is C27H32O2. The van der Waals surface area contributed by atoms with Crippen LogP contribution in [0, 0.1) is 30.1 Å². The number of carbonyl (C=O) groups excluding carboxylic acids is 2. The molecule has 0 bridgehead atoms. The van der Waals surface area contributed by atoms with E-state index in [9.17, 15) is 9.59 Å². The molecule has 2 nitrogen and oxygen atoms in total. The Labute approximate surface area is 174 Å². The zero-order valence-corrected chi connectivity index (χ0v) is 18.0. The number of rotatable bonds is 2. The van der Waals surface area contributed by atoms with Gasteiger partial charge in [0.2, 0.25) is 0 Å². The Balaban J connectivity index is 1.67. The molecule has 0 saturated heterocycles. The number of benzene rings is 1. The zero-order chi connectivity index (χ0) is 20.3. The molecule has 5 atom stereocenters. The van der Waals surface area contributed by atoms with Crippen molar-refractivity contribution in [2.24, 2.45) is 23.2 Å². The van der Waals surface area contributed by atoms with Crippen molar-refractivity contribution in [2.45, 2.75) is 71.6 Å². The van der Waals surface area contributed by atoms with Gasteiger partial charge in [0.1, 0.15) is 5.78 Å². The number of aryl methyl sites for hydroxylation is 1. The van der Waals surface area contributed by atoms with Crippen molar-refractivity contribution >= 4 is 11.6 Å². The normalized spacial score (nSPS) is 36.2. The van der Waals surface area contributed by atoms with Crippen LogP contribution in [0.15, 0.2) is 47.1 Å². The van der Waals surface area contributed by atoms with Gasteiger partial charge in [-0.05, 0) is 92.4 Å². The van der Waals surface area contributed by atoms with Gasteiger partial charge in [-0.25, -0.2) is 0 Å². The van der Waals surface area contributed by atoms with E-state index in [4.69, 9.17) is 0 Å². The summed E-state index contributed by atoms with van der Waals surface area (Å²) in [5.41, 5.74) is 7.23. The predicted molar refractivity (Wildman–Crippen MR) is 116 cm³/mol. The van der Waals surface area contributed by atoms with Gasteiger partial charge in [-0.1, -0.05) is 42.3 Å². The summed E-state index contributed by atoms with van der Waals surface area (Å²) in [5, 5.41) is 0. The van der Waals surface area contributed by atoms with Crippen LogP contribution in [0.2, 0.25) is 0 Å². The average Bonchev–Trinajstić information content (AvgIpc) is 3.04.